The number of nitrogens with one attached hydrogen (secondary N) is 2. The summed E-state index contributed by atoms with van der Waals surface area (Å²) in [6, 6.07) is 10.3. The first kappa shape index (κ1) is 24.9. The molecule has 176 valence electrons. The number of hydrogen-bond donors (Lipinski definition) is 2. The third-order valence-corrected chi connectivity index (χ3v) is 7.89. The lowest BCUT2D eigenvalue weighted by Gasteiger charge is -2.35. The molecule has 1 aliphatic heterocycles. The third kappa shape index (κ3) is 7.38. The van der Waals surface area contributed by atoms with E-state index in [1.54, 1.807) is 23.5 Å². The van der Waals surface area contributed by atoms with Gasteiger partial charge in [-0.15, -0.1) is 11.3 Å². The second kappa shape index (κ2) is 11.9. The lowest BCUT2D eigenvalue weighted by molar-refractivity contribution is 0.0124. The zero-order valence-electron chi connectivity index (χ0n) is 18.7. The highest BCUT2D eigenvalue weighted by atomic mass is 32.2. The number of amides is 1. The first-order valence-electron chi connectivity index (χ1n) is 11.1. The molecule has 32 heavy (non-hydrogen) atoms. The van der Waals surface area contributed by atoms with Gasteiger partial charge in [0.2, 0.25) is 10.0 Å². The Labute approximate surface area is 195 Å². The molecule has 0 radical (unpaired) electrons. The molecule has 3 rings (SSSR count). The van der Waals surface area contributed by atoms with E-state index in [9.17, 15) is 13.2 Å². The maximum atomic E-state index is 12.7. The van der Waals surface area contributed by atoms with Crippen molar-refractivity contribution in [2.45, 2.75) is 37.6 Å². The van der Waals surface area contributed by atoms with Crippen LogP contribution in [-0.2, 0) is 21.2 Å². The molecule has 7 nitrogen and oxygen atoms in total. The second-order valence-electron chi connectivity index (χ2n) is 8.39. The smallest absolute Gasteiger partial charge is 0.251 e. The Morgan fingerprint density at radius 1 is 1.16 bits per heavy atom. The lowest BCUT2D eigenvalue weighted by Crippen LogP contribution is -2.49. The predicted molar refractivity (Wildman–Crippen MR) is 128 cm³/mol. The SMILES string of the molecule is CC(C)CC(CNC(=O)c1ccc(S(=O)(=O)NCCc2cccs2)cc1)N1CCOCC1. The normalized spacial score (nSPS) is 16.2. The Kier molecular flexibility index (Phi) is 9.24. The van der Waals surface area contributed by atoms with Crippen LogP contribution >= 0.6 is 11.3 Å². The number of thiophene rings is 1. The van der Waals surface area contributed by atoms with E-state index in [1.807, 2.05) is 17.5 Å². The van der Waals surface area contributed by atoms with Crippen LogP contribution in [0, 0.1) is 5.92 Å². The molecule has 2 heterocycles. The van der Waals surface area contributed by atoms with Crippen molar-refractivity contribution in [3.63, 3.8) is 0 Å². The predicted octanol–water partition coefficient (Wildman–Crippen LogP) is 2.75. The maximum absolute atomic E-state index is 12.7. The quantitative estimate of drug-likeness (QED) is 0.518. The van der Waals surface area contributed by atoms with Crippen LogP contribution in [0.25, 0.3) is 0 Å². The highest BCUT2D eigenvalue weighted by Crippen LogP contribution is 2.15. The number of rotatable bonds is 11. The summed E-state index contributed by atoms with van der Waals surface area (Å²) in [5.41, 5.74) is 0.452. The van der Waals surface area contributed by atoms with Crippen LogP contribution in [0.15, 0.2) is 46.7 Å². The van der Waals surface area contributed by atoms with Crippen LogP contribution in [0.2, 0.25) is 0 Å². The lowest BCUT2D eigenvalue weighted by atomic mass is 10.0. The Morgan fingerprint density at radius 3 is 2.50 bits per heavy atom. The van der Waals surface area contributed by atoms with Gasteiger partial charge in [0.15, 0.2) is 0 Å². The van der Waals surface area contributed by atoms with E-state index in [0.29, 0.717) is 31.0 Å². The maximum Gasteiger partial charge on any atom is 0.251 e. The highest BCUT2D eigenvalue weighted by molar-refractivity contribution is 7.89. The molecule has 0 spiro atoms. The molecule has 1 aromatic carbocycles. The van der Waals surface area contributed by atoms with E-state index in [0.717, 1.165) is 37.6 Å². The fourth-order valence-electron chi connectivity index (χ4n) is 3.79. The van der Waals surface area contributed by atoms with Crippen LogP contribution in [-0.4, -0.2) is 64.7 Å². The van der Waals surface area contributed by atoms with Gasteiger partial charge in [-0.1, -0.05) is 19.9 Å². The zero-order chi connectivity index (χ0) is 23.0. The molecule has 2 N–H and O–H groups in total. The van der Waals surface area contributed by atoms with E-state index in [-0.39, 0.29) is 16.8 Å². The van der Waals surface area contributed by atoms with Crippen molar-refractivity contribution >= 4 is 27.3 Å². The van der Waals surface area contributed by atoms with Gasteiger partial charge in [0, 0.05) is 42.7 Å². The van der Waals surface area contributed by atoms with E-state index in [4.69, 9.17) is 4.74 Å². The van der Waals surface area contributed by atoms with Gasteiger partial charge in [0.05, 0.1) is 18.1 Å². The molecule has 1 amide bonds. The van der Waals surface area contributed by atoms with Crippen molar-refractivity contribution in [3.05, 3.63) is 52.2 Å². The van der Waals surface area contributed by atoms with Crippen molar-refractivity contribution in [1.29, 1.82) is 0 Å². The Balaban J connectivity index is 1.53. The number of nitrogens with zero attached hydrogens (tertiary/aromatic N) is 1. The minimum absolute atomic E-state index is 0.159. The average molecular weight is 480 g/mol. The van der Waals surface area contributed by atoms with Crippen molar-refractivity contribution < 1.29 is 17.9 Å². The molecular weight excluding hydrogens is 446 g/mol. The summed E-state index contributed by atoms with van der Waals surface area (Å²) in [7, 11) is -3.61. The first-order chi connectivity index (χ1) is 15.3. The Bertz CT molecular complexity index is 938. The average Bonchev–Trinajstić information content (AvgIpc) is 3.30. The summed E-state index contributed by atoms with van der Waals surface area (Å²) >= 11 is 1.60. The standard InChI is InChI=1S/C23H33N3O4S2/c1-18(2)16-20(26-11-13-30-14-12-26)17-24-23(27)19-5-7-22(8-6-19)32(28,29)25-10-9-21-4-3-15-31-21/h3-8,15,18,20,25H,9-14,16-17H2,1-2H3,(H,24,27). The molecule has 0 saturated carbocycles. The Hall–Kier alpha value is -1.78. The summed E-state index contributed by atoms with van der Waals surface area (Å²) in [4.78, 5) is 16.3. The highest BCUT2D eigenvalue weighted by Gasteiger charge is 2.23. The summed E-state index contributed by atoms with van der Waals surface area (Å²) < 4.78 is 33.1. The van der Waals surface area contributed by atoms with Crippen molar-refractivity contribution in [3.8, 4) is 0 Å². The summed E-state index contributed by atoms with van der Waals surface area (Å²) in [6.45, 7) is 8.45. The van der Waals surface area contributed by atoms with Crippen molar-refractivity contribution in [1.82, 2.24) is 14.9 Å². The summed E-state index contributed by atoms with van der Waals surface area (Å²) in [6.07, 6.45) is 1.65. The molecule has 0 bridgehead atoms. The van der Waals surface area contributed by atoms with Crippen molar-refractivity contribution in [2.24, 2.45) is 5.92 Å². The molecule has 1 saturated heterocycles. The Morgan fingerprint density at radius 2 is 1.88 bits per heavy atom. The van der Waals surface area contributed by atoms with E-state index >= 15 is 0 Å². The van der Waals surface area contributed by atoms with E-state index in [1.165, 1.54) is 12.1 Å². The molecule has 0 aliphatic carbocycles. The number of carbonyl (C=O) groups excluding carboxylic acids is 1. The van der Waals surface area contributed by atoms with E-state index in [2.05, 4.69) is 28.8 Å². The fraction of sp³-hybridized carbons (Fsp3) is 0.522. The van der Waals surface area contributed by atoms with Crippen LogP contribution in [0.1, 0.15) is 35.5 Å². The van der Waals surface area contributed by atoms with Gasteiger partial charge in [-0.05, 0) is 54.5 Å². The summed E-state index contributed by atoms with van der Waals surface area (Å²) in [5.74, 6) is 0.332. The largest absolute Gasteiger partial charge is 0.379 e. The number of hydrogen-bond acceptors (Lipinski definition) is 6. The topological polar surface area (TPSA) is 87.7 Å². The third-order valence-electron chi connectivity index (χ3n) is 5.47. The second-order valence-corrected chi connectivity index (χ2v) is 11.2. The number of carbonyl (C=O) groups is 1. The van der Waals surface area contributed by atoms with Crippen LogP contribution < -0.4 is 10.0 Å². The van der Waals surface area contributed by atoms with Gasteiger partial charge in [0.1, 0.15) is 0 Å². The molecule has 9 heteroatoms. The minimum Gasteiger partial charge on any atom is -0.379 e. The van der Waals surface area contributed by atoms with Crippen LogP contribution in [0.4, 0.5) is 0 Å². The van der Waals surface area contributed by atoms with Gasteiger partial charge >= 0.3 is 0 Å². The molecule has 1 aliphatic rings. The number of ether oxygens (including phenoxy) is 1. The molecular formula is C23H33N3O4S2. The van der Waals surface area contributed by atoms with Gasteiger partial charge in [-0.2, -0.15) is 0 Å². The van der Waals surface area contributed by atoms with E-state index < -0.39 is 10.0 Å². The van der Waals surface area contributed by atoms with Crippen molar-refractivity contribution in [2.75, 3.05) is 39.4 Å². The van der Waals surface area contributed by atoms with Gasteiger partial charge in [0.25, 0.3) is 5.91 Å². The molecule has 1 fully saturated rings. The molecule has 1 unspecified atom stereocenters. The molecule has 1 aromatic heterocycles. The van der Waals surface area contributed by atoms with Gasteiger partial charge in [-0.3, -0.25) is 9.69 Å². The molecule has 2 aromatic rings. The fourth-order valence-corrected chi connectivity index (χ4v) is 5.53. The number of sulfonamides is 1. The number of morpholine rings is 1. The monoisotopic (exact) mass is 479 g/mol. The van der Waals surface area contributed by atoms with Crippen LogP contribution in [0.3, 0.4) is 0 Å². The van der Waals surface area contributed by atoms with Crippen LogP contribution in [0.5, 0.6) is 0 Å². The zero-order valence-corrected chi connectivity index (χ0v) is 20.4. The molecule has 1 atom stereocenters. The number of benzene rings is 1. The minimum atomic E-state index is -3.61. The first-order valence-corrected chi connectivity index (χ1v) is 13.4. The van der Waals surface area contributed by atoms with Gasteiger partial charge in [-0.25, -0.2) is 13.1 Å². The van der Waals surface area contributed by atoms with Gasteiger partial charge < -0.3 is 10.1 Å². The summed E-state index contributed by atoms with van der Waals surface area (Å²) in [5, 5.41) is 5.00.